The van der Waals surface area contributed by atoms with E-state index in [0.717, 1.165) is 11.8 Å². The van der Waals surface area contributed by atoms with Crippen molar-refractivity contribution < 1.29 is 9.59 Å². The lowest BCUT2D eigenvalue weighted by atomic mass is 10.2. The Hall–Kier alpha value is -2.35. The van der Waals surface area contributed by atoms with Crippen LogP contribution in [0.3, 0.4) is 0 Å². The lowest BCUT2D eigenvalue weighted by molar-refractivity contribution is -0.121. The van der Waals surface area contributed by atoms with Crippen LogP contribution in [-0.4, -0.2) is 28.2 Å². The maximum absolute atomic E-state index is 11.8. The van der Waals surface area contributed by atoms with Crippen LogP contribution >= 0.6 is 11.8 Å². The zero-order valence-electron chi connectivity index (χ0n) is 10.4. The molecule has 1 aromatic rings. The van der Waals surface area contributed by atoms with E-state index in [0.29, 0.717) is 5.69 Å². The third kappa shape index (κ3) is 3.82. The smallest absolute Gasteiger partial charge is 0.262 e. The van der Waals surface area contributed by atoms with Crippen molar-refractivity contribution in [1.82, 2.24) is 0 Å². The molecule has 0 fully saturated rings. The summed E-state index contributed by atoms with van der Waals surface area (Å²) in [4.78, 5) is 30.8. The number of anilines is 1. The van der Waals surface area contributed by atoms with E-state index in [4.69, 9.17) is 11.5 Å². The highest BCUT2D eigenvalue weighted by Gasteiger charge is 2.30. The Morgan fingerprint density at radius 3 is 2.70 bits per heavy atom. The van der Waals surface area contributed by atoms with Crippen molar-refractivity contribution in [1.29, 1.82) is 0 Å². The molecule has 5 N–H and O–H groups in total. The van der Waals surface area contributed by atoms with Gasteiger partial charge in [-0.3, -0.25) is 9.59 Å². The van der Waals surface area contributed by atoms with Gasteiger partial charge in [-0.15, -0.1) is 0 Å². The van der Waals surface area contributed by atoms with Gasteiger partial charge in [0.1, 0.15) is 5.25 Å². The molecule has 0 spiro atoms. The van der Waals surface area contributed by atoms with Crippen LogP contribution in [0.15, 0.2) is 40.3 Å². The summed E-state index contributed by atoms with van der Waals surface area (Å²) >= 11 is 1.08. The summed E-state index contributed by atoms with van der Waals surface area (Å²) in [6, 6.07) is 9.00. The molecule has 1 atom stereocenters. The summed E-state index contributed by atoms with van der Waals surface area (Å²) in [5.74, 6) is -0.833. The maximum atomic E-state index is 11.8. The van der Waals surface area contributed by atoms with Crippen LogP contribution in [0.1, 0.15) is 6.42 Å². The van der Waals surface area contributed by atoms with Gasteiger partial charge in [-0.2, -0.15) is 9.98 Å². The van der Waals surface area contributed by atoms with Crippen molar-refractivity contribution in [3.63, 3.8) is 0 Å². The summed E-state index contributed by atoms with van der Waals surface area (Å²) < 4.78 is 0. The number of para-hydroxylation sites is 1. The van der Waals surface area contributed by atoms with E-state index in [9.17, 15) is 9.59 Å². The molecular weight excluding hydrogens is 278 g/mol. The molecule has 0 aliphatic carbocycles. The molecule has 0 saturated heterocycles. The number of carbonyl (C=O) groups is 2. The van der Waals surface area contributed by atoms with Crippen LogP contribution < -0.4 is 16.8 Å². The van der Waals surface area contributed by atoms with E-state index >= 15 is 0 Å². The van der Waals surface area contributed by atoms with Gasteiger partial charge in [0.05, 0.1) is 0 Å². The zero-order valence-corrected chi connectivity index (χ0v) is 11.3. The van der Waals surface area contributed by atoms with Gasteiger partial charge in [-0.1, -0.05) is 30.0 Å². The van der Waals surface area contributed by atoms with Crippen LogP contribution in [0.4, 0.5) is 5.69 Å². The number of nitrogens with zero attached hydrogens (tertiary/aromatic N) is 2. The quantitative estimate of drug-likeness (QED) is 0.545. The molecule has 104 valence electrons. The van der Waals surface area contributed by atoms with Crippen molar-refractivity contribution in [3.05, 3.63) is 30.3 Å². The molecular formula is C12H13N5O2S. The molecule has 0 bridgehead atoms. The van der Waals surface area contributed by atoms with Crippen molar-refractivity contribution in [2.24, 2.45) is 21.5 Å². The monoisotopic (exact) mass is 291 g/mol. The van der Waals surface area contributed by atoms with Gasteiger partial charge in [0.25, 0.3) is 5.91 Å². The van der Waals surface area contributed by atoms with Crippen LogP contribution in [0, 0.1) is 0 Å². The molecule has 1 aromatic carbocycles. The van der Waals surface area contributed by atoms with Gasteiger partial charge in [0.15, 0.2) is 11.1 Å². The minimum atomic E-state index is -0.586. The first-order valence-corrected chi connectivity index (χ1v) is 6.66. The topological polar surface area (TPSA) is 123 Å². The molecule has 0 aromatic heterocycles. The highest BCUT2D eigenvalue weighted by Crippen LogP contribution is 2.26. The molecule has 1 aliphatic heterocycles. The first-order valence-electron chi connectivity index (χ1n) is 5.78. The van der Waals surface area contributed by atoms with Gasteiger partial charge in [-0.25, -0.2) is 0 Å². The summed E-state index contributed by atoms with van der Waals surface area (Å²) in [6.07, 6.45) is 0.0192. The van der Waals surface area contributed by atoms with Crippen molar-refractivity contribution in [2.45, 2.75) is 11.7 Å². The Labute approximate surface area is 119 Å². The van der Waals surface area contributed by atoms with Crippen molar-refractivity contribution in [2.75, 3.05) is 5.32 Å². The number of amidine groups is 1. The van der Waals surface area contributed by atoms with E-state index in [1.807, 2.05) is 18.2 Å². The SMILES string of the molecule is NC(N)=NC1=NC(=O)[C@H](CC(=O)Nc2ccccc2)S1. The molecule has 0 saturated carbocycles. The van der Waals surface area contributed by atoms with Crippen LogP contribution in [0.5, 0.6) is 0 Å². The molecule has 2 amide bonds. The van der Waals surface area contributed by atoms with Gasteiger partial charge in [-0.05, 0) is 12.1 Å². The standard InChI is InChI=1S/C12H13N5O2S/c13-11(14)17-12-16-10(19)8(20-12)6-9(18)15-7-4-2-1-3-5-7/h1-5,8H,6H2,(H,15,18)(H4,13,14,16,17,19)/t8-/m0/s1. The Morgan fingerprint density at radius 2 is 2.05 bits per heavy atom. The molecule has 0 unspecified atom stereocenters. The van der Waals surface area contributed by atoms with Gasteiger partial charge in [0.2, 0.25) is 5.91 Å². The molecule has 0 radical (unpaired) electrons. The van der Waals surface area contributed by atoms with Crippen LogP contribution in [0.25, 0.3) is 0 Å². The fourth-order valence-electron chi connectivity index (χ4n) is 1.56. The highest BCUT2D eigenvalue weighted by molar-refractivity contribution is 8.15. The van der Waals surface area contributed by atoms with Gasteiger partial charge < -0.3 is 16.8 Å². The number of thioether (sulfide) groups is 1. The largest absolute Gasteiger partial charge is 0.370 e. The third-order valence-corrected chi connectivity index (χ3v) is 3.43. The lowest BCUT2D eigenvalue weighted by Gasteiger charge is -2.07. The third-order valence-electron chi connectivity index (χ3n) is 2.38. The number of guanidine groups is 1. The molecule has 1 aliphatic rings. The summed E-state index contributed by atoms with van der Waals surface area (Å²) in [7, 11) is 0. The molecule has 2 rings (SSSR count). The van der Waals surface area contributed by atoms with Crippen molar-refractivity contribution in [3.8, 4) is 0 Å². The summed E-state index contributed by atoms with van der Waals surface area (Å²) in [6.45, 7) is 0. The summed E-state index contributed by atoms with van der Waals surface area (Å²) in [5.41, 5.74) is 11.1. The Kier molecular flexibility index (Phi) is 4.36. The fraction of sp³-hybridized carbons (Fsp3) is 0.167. The number of hydrogen-bond donors (Lipinski definition) is 3. The van der Waals surface area contributed by atoms with Crippen LogP contribution in [0.2, 0.25) is 0 Å². The van der Waals surface area contributed by atoms with Crippen LogP contribution in [-0.2, 0) is 9.59 Å². The first kappa shape index (κ1) is 14.1. The second-order valence-electron chi connectivity index (χ2n) is 3.99. The molecule has 20 heavy (non-hydrogen) atoms. The molecule has 7 nitrogen and oxygen atoms in total. The lowest BCUT2D eigenvalue weighted by Crippen LogP contribution is -2.23. The van der Waals surface area contributed by atoms with Gasteiger partial charge in [0, 0.05) is 12.1 Å². The predicted octanol–water partition coefficient (Wildman–Crippen LogP) is 0.287. The zero-order chi connectivity index (χ0) is 14.5. The Bertz CT molecular complexity index is 581. The Morgan fingerprint density at radius 1 is 1.35 bits per heavy atom. The fourth-order valence-corrected chi connectivity index (χ4v) is 2.51. The second-order valence-corrected chi connectivity index (χ2v) is 5.16. The minimum Gasteiger partial charge on any atom is -0.370 e. The number of carbonyl (C=O) groups excluding carboxylic acids is 2. The number of nitrogens with two attached hydrogens (primary N) is 2. The second kappa shape index (κ2) is 6.20. The average molecular weight is 291 g/mol. The van der Waals surface area contributed by atoms with E-state index in [1.54, 1.807) is 12.1 Å². The maximum Gasteiger partial charge on any atom is 0.262 e. The molecule has 1 heterocycles. The minimum absolute atomic E-state index is 0.0192. The average Bonchev–Trinajstić information content (AvgIpc) is 2.69. The number of hydrogen-bond acceptors (Lipinski definition) is 4. The van der Waals surface area contributed by atoms with Crippen molar-refractivity contribution >= 4 is 40.4 Å². The first-order chi connectivity index (χ1) is 9.54. The van der Waals surface area contributed by atoms with E-state index in [-0.39, 0.29) is 23.5 Å². The highest BCUT2D eigenvalue weighted by atomic mass is 32.2. The predicted molar refractivity (Wildman–Crippen MR) is 79.3 cm³/mol. The normalized spacial score (nSPS) is 17.5. The molecule has 8 heteroatoms. The number of benzene rings is 1. The number of nitrogens with one attached hydrogen (secondary N) is 1. The van der Waals surface area contributed by atoms with Gasteiger partial charge >= 0.3 is 0 Å². The van der Waals surface area contributed by atoms with E-state index in [1.165, 1.54) is 0 Å². The van der Waals surface area contributed by atoms with E-state index in [2.05, 4.69) is 15.3 Å². The summed E-state index contributed by atoms with van der Waals surface area (Å²) in [5, 5.41) is 2.31. The number of amides is 2. The van der Waals surface area contributed by atoms with E-state index < -0.39 is 11.2 Å². The number of rotatable bonds is 3. The Balaban J connectivity index is 1.91. The number of aliphatic imine (C=N–C) groups is 2.